The van der Waals surface area contributed by atoms with Gasteiger partial charge in [0.2, 0.25) is 5.91 Å². The molecule has 0 bridgehead atoms. The van der Waals surface area contributed by atoms with Gasteiger partial charge in [-0.05, 0) is 22.4 Å². The van der Waals surface area contributed by atoms with Gasteiger partial charge in [0, 0.05) is 18.5 Å². The number of aromatic nitrogens is 2. The average molecular weight is 414 g/mol. The number of carbonyl (C=O) groups is 1. The van der Waals surface area contributed by atoms with E-state index in [0.29, 0.717) is 37.5 Å². The summed E-state index contributed by atoms with van der Waals surface area (Å²) in [5, 5.41) is 7.89. The summed E-state index contributed by atoms with van der Waals surface area (Å²) >= 11 is 0. The molecule has 0 spiro atoms. The molecule has 7 nitrogen and oxygen atoms in total. The number of nitrogens with one attached hydrogen (secondary N) is 1. The molecule has 4 aromatic rings. The van der Waals surface area contributed by atoms with Gasteiger partial charge in [0.1, 0.15) is 0 Å². The molecule has 0 radical (unpaired) electrons. The van der Waals surface area contributed by atoms with Gasteiger partial charge in [0.05, 0.1) is 25.0 Å². The number of ether oxygens (including phenoxy) is 1. The summed E-state index contributed by atoms with van der Waals surface area (Å²) in [6.07, 6.45) is 0.148. The lowest BCUT2D eigenvalue weighted by Crippen LogP contribution is -2.41. The van der Waals surface area contributed by atoms with Crippen LogP contribution in [0, 0.1) is 0 Å². The first kappa shape index (κ1) is 19.3. The Kier molecular flexibility index (Phi) is 5.09. The minimum atomic E-state index is -0.348. The van der Waals surface area contributed by atoms with E-state index in [-0.39, 0.29) is 17.9 Å². The second-order valence-corrected chi connectivity index (χ2v) is 7.54. The summed E-state index contributed by atoms with van der Waals surface area (Å²) in [5.74, 6) is 0.373. The molecule has 0 atom stereocenters. The third kappa shape index (κ3) is 3.75. The highest BCUT2D eigenvalue weighted by atomic mass is 16.5. The quantitative estimate of drug-likeness (QED) is 0.556. The Hall–Kier alpha value is -3.71. The molecule has 1 saturated heterocycles. The van der Waals surface area contributed by atoms with Crippen molar-refractivity contribution in [3.8, 4) is 0 Å². The number of hydrogen-bond acceptors (Lipinski definition) is 5. The number of rotatable bonds is 4. The van der Waals surface area contributed by atoms with Gasteiger partial charge in [-0.15, -0.1) is 9.89 Å². The van der Waals surface area contributed by atoms with Gasteiger partial charge in [-0.1, -0.05) is 60.7 Å². The fraction of sp³-hybridized carbons (Fsp3) is 0.208. The number of amides is 1. The van der Waals surface area contributed by atoms with Crippen LogP contribution in [-0.4, -0.2) is 42.1 Å². The van der Waals surface area contributed by atoms with Crippen LogP contribution in [0.1, 0.15) is 5.56 Å². The van der Waals surface area contributed by atoms with E-state index in [1.54, 1.807) is 6.07 Å². The van der Waals surface area contributed by atoms with Crippen molar-refractivity contribution in [1.82, 2.24) is 9.89 Å². The van der Waals surface area contributed by atoms with E-state index in [2.05, 4.69) is 15.4 Å². The van der Waals surface area contributed by atoms with E-state index in [4.69, 9.17) is 4.74 Å². The van der Waals surface area contributed by atoms with Crippen molar-refractivity contribution in [2.24, 2.45) is 0 Å². The highest BCUT2D eigenvalue weighted by Gasteiger charge is 2.19. The van der Waals surface area contributed by atoms with Crippen LogP contribution < -0.4 is 15.9 Å². The summed E-state index contributed by atoms with van der Waals surface area (Å²) in [6.45, 7) is 2.56. The lowest BCUT2D eigenvalue weighted by molar-refractivity contribution is -0.116. The van der Waals surface area contributed by atoms with Gasteiger partial charge in [0.25, 0.3) is 5.56 Å². The molecule has 2 heterocycles. The highest BCUT2D eigenvalue weighted by molar-refractivity contribution is 5.94. The van der Waals surface area contributed by atoms with Crippen LogP contribution in [0.3, 0.4) is 0 Å². The second-order valence-electron chi connectivity index (χ2n) is 7.54. The van der Waals surface area contributed by atoms with Crippen molar-refractivity contribution in [3.05, 3.63) is 82.6 Å². The molecule has 0 aliphatic carbocycles. The van der Waals surface area contributed by atoms with Gasteiger partial charge < -0.3 is 9.64 Å². The predicted octanol–water partition coefficient (Wildman–Crippen LogP) is 2.70. The van der Waals surface area contributed by atoms with E-state index in [9.17, 15) is 9.59 Å². The van der Waals surface area contributed by atoms with Crippen LogP contribution >= 0.6 is 0 Å². The number of morpholine rings is 1. The van der Waals surface area contributed by atoms with Crippen LogP contribution in [0.4, 0.5) is 5.82 Å². The van der Waals surface area contributed by atoms with Crippen LogP contribution in [0.15, 0.2) is 71.5 Å². The van der Waals surface area contributed by atoms with E-state index < -0.39 is 0 Å². The Balaban J connectivity index is 1.49. The van der Waals surface area contributed by atoms with Crippen LogP contribution in [-0.2, 0) is 16.0 Å². The second kappa shape index (κ2) is 8.20. The Morgan fingerprint density at radius 2 is 1.58 bits per heavy atom. The first-order valence-electron chi connectivity index (χ1n) is 10.3. The topological polar surface area (TPSA) is 76.5 Å². The molecule has 0 unspecified atom stereocenters. The molecular weight excluding hydrogens is 392 g/mol. The number of fused-ring (bicyclic) bond motifs is 2. The molecule has 1 aliphatic heterocycles. The molecule has 1 aromatic heterocycles. The average Bonchev–Trinajstić information content (AvgIpc) is 2.82. The number of nitrogens with zero attached hydrogens (tertiary/aromatic N) is 3. The van der Waals surface area contributed by atoms with Crippen LogP contribution in [0.2, 0.25) is 0 Å². The smallest absolute Gasteiger partial charge is 0.294 e. The lowest BCUT2D eigenvalue weighted by Gasteiger charge is -2.29. The molecule has 7 heteroatoms. The zero-order valence-electron chi connectivity index (χ0n) is 17.0. The number of benzene rings is 3. The molecule has 0 saturated carbocycles. The summed E-state index contributed by atoms with van der Waals surface area (Å²) in [7, 11) is 0. The Morgan fingerprint density at radius 3 is 2.39 bits per heavy atom. The molecule has 1 aliphatic rings. The van der Waals surface area contributed by atoms with Crippen molar-refractivity contribution in [2.75, 3.05) is 36.6 Å². The Bertz CT molecular complexity index is 1320. The number of anilines is 1. The molecule has 5 rings (SSSR count). The standard InChI is InChI=1S/C24H22N4O3/c29-22(16-18-8-5-7-17-6-1-2-9-19(17)18)25-28-24(30)21-11-4-3-10-20(21)23(26-28)27-12-14-31-15-13-27/h1-11H,12-16H2,(H,25,29). The van der Waals surface area contributed by atoms with Crippen molar-refractivity contribution < 1.29 is 9.53 Å². The van der Waals surface area contributed by atoms with Gasteiger partial charge in [-0.2, -0.15) is 0 Å². The minimum Gasteiger partial charge on any atom is -0.378 e. The maximum absolute atomic E-state index is 13.0. The maximum atomic E-state index is 13.0. The highest BCUT2D eigenvalue weighted by Crippen LogP contribution is 2.23. The zero-order chi connectivity index (χ0) is 21.2. The Morgan fingerprint density at radius 1 is 0.903 bits per heavy atom. The van der Waals surface area contributed by atoms with Gasteiger partial charge >= 0.3 is 0 Å². The first-order chi connectivity index (χ1) is 15.2. The van der Waals surface area contributed by atoms with Crippen molar-refractivity contribution in [2.45, 2.75) is 6.42 Å². The molecule has 156 valence electrons. The van der Waals surface area contributed by atoms with Crippen molar-refractivity contribution in [1.29, 1.82) is 0 Å². The number of hydrogen-bond donors (Lipinski definition) is 1. The third-order valence-electron chi connectivity index (χ3n) is 5.56. The van der Waals surface area contributed by atoms with Gasteiger partial charge in [-0.3, -0.25) is 9.59 Å². The normalized spacial score (nSPS) is 14.1. The number of carbonyl (C=O) groups excluding carboxylic acids is 1. The fourth-order valence-electron chi connectivity index (χ4n) is 4.03. The lowest BCUT2D eigenvalue weighted by atomic mass is 10.0. The molecular formula is C24H22N4O3. The molecule has 1 amide bonds. The summed E-state index contributed by atoms with van der Waals surface area (Å²) in [5.41, 5.74) is 3.24. The van der Waals surface area contributed by atoms with Crippen molar-refractivity contribution >= 4 is 33.3 Å². The van der Waals surface area contributed by atoms with Crippen LogP contribution in [0.25, 0.3) is 21.5 Å². The van der Waals surface area contributed by atoms with Gasteiger partial charge in [0.15, 0.2) is 5.82 Å². The molecule has 1 N–H and O–H groups in total. The fourth-order valence-corrected chi connectivity index (χ4v) is 4.03. The van der Waals surface area contributed by atoms with E-state index in [1.807, 2.05) is 60.7 Å². The zero-order valence-corrected chi connectivity index (χ0v) is 17.0. The predicted molar refractivity (Wildman–Crippen MR) is 121 cm³/mol. The maximum Gasteiger partial charge on any atom is 0.294 e. The largest absolute Gasteiger partial charge is 0.378 e. The minimum absolute atomic E-state index is 0.148. The SMILES string of the molecule is O=C(Cc1cccc2ccccc12)Nn1nc(N2CCOCC2)c2ccccc2c1=O. The van der Waals surface area contributed by atoms with Crippen LogP contribution in [0.5, 0.6) is 0 Å². The summed E-state index contributed by atoms with van der Waals surface area (Å²) < 4.78 is 5.45. The monoisotopic (exact) mass is 414 g/mol. The molecule has 31 heavy (non-hydrogen) atoms. The van der Waals surface area contributed by atoms with E-state index >= 15 is 0 Å². The third-order valence-corrected chi connectivity index (χ3v) is 5.56. The summed E-state index contributed by atoms with van der Waals surface area (Å²) in [6, 6.07) is 21.2. The van der Waals surface area contributed by atoms with E-state index in [1.165, 1.54) is 0 Å². The van der Waals surface area contributed by atoms with Crippen molar-refractivity contribution in [3.63, 3.8) is 0 Å². The molecule has 1 fully saturated rings. The van der Waals surface area contributed by atoms with Gasteiger partial charge in [-0.25, -0.2) is 5.43 Å². The Labute approximate surface area is 178 Å². The van der Waals surface area contributed by atoms with E-state index in [0.717, 1.165) is 26.5 Å². The summed E-state index contributed by atoms with van der Waals surface area (Å²) in [4.78, 5) is 29.0. The first-order valence-corrected chi connectivity index (χ1v) is 10.3. The molecule has 3 aromatic carbocycles.